The lowest BCUT2D eigenvalue weighted by molar-refractivity contribution is -0.108. The minimum absolute atomic E-state index is 0.580. The van der Waals surface area contributed by atoms with Gasteiger partial charge >= 0.3 is 0 Å². The van der Waals surface area contributed by atoms with E-state index in [1.165, 1.54) is 25.7 Å². The van der Waals surface area contributed by atoms with Gasteiger partial charge in [-0.25, -0.2) is 0 Å². The number of carbonyl (C=O) groups is 1. The SMILES string of the molecule is CCC(C)C(C)CCCC(C)CC=O. The van der Waals surface area contributed by atoms with Crippen LogP contribution in [0.3, 0.4) is 0 Å². The summed E-state index contributed by atoms with van der Waals surface area (Å²) in [6, 6.07) is 0. The lowest BCUT2D eigenvalue weighted by Crippen LogP contribution is -2.07. The molecule has 0 saturated carbocycles. The van der Waals surface area contributed by atoms with E-state index in [2.05, 4.69) is 27.7 Å². The predicted molar refractivity (Wildman–Crippen MR) is 62.3 cm³/mol. The van der Waals surface area contributed by atoms with Crippen LogP contribution in [0.15, 0.2) is 0 Å². The first kappa shape index (κ1) is 13.7. The zero-order chi connectivity index (χ0) is 11.0. The summed E-state index contributed by atoms with van der Waals surface area (Å²) in [5, 5.41) is 0. The van der Waals surface area contributed by atoms with Gasteiger partial charge in [-0.1, -0.05) is 53.4 Å². The molecule has 0 aliphatic carbocycles. The highest BCUT2D eigenvalue weighted by Gasteiger charge is 2.10. The summed E-state index contributed by atoms with van der Waals surface area (Å²) in [6.45, 7) is 9.11. The normalized spacial score (nSPS) is 17.4. The van der Waals surface area contributed by atoms with Gasteiger partial charge in [-0.05, 0) is 17.8 Å². The largest absolute Gasteiger partial charge is 0.303 e. The fourth-order valence-corrected chi connectivity index (χ4v) is 1.76. The average molecular weight is 198 g/mol. The first-order valence-electron chi connectivity index (χ1n) is 6.05. The van der Waals surface area contributed by atoms with Crippen molar-refractivity contribution in [2.75, 3.05) is 0 Å². The zero-order valence-corrected chi connectivity index (χ0v) is 10.3. The monoisotopic (exact) mass is 198 g/mol. The van der Waals surface area contributed by atoms with Crippen LogP contribution in [0.2, 0.25) is 0 Å². The molecule has 0 fully saturated rings. The third-order valence-corrected chi connectivity index (χ3v) is 3.47. The second kappa shape index (κ2) is 8.02. The molecule has 0 spiro atoms. The first-order chi connectivity index (χ1) is 6.61. The van der Waals surface area contributed by atoms with Crippen molar-refractivity contribution in [3.8, 4) is 0 Å². The van der Waals surface area contributed by atoms with E-state index in [1.807, 2.05) is 0 Å². The van der Waals surface area contributed by atoms with Gasteiger partial charge in [-0.3, -0.25) is 0 Å². The third kappa shape index (κ3) is 6.17. The standard InChI is InChI=1S/C13H26O/c1-5-12(3)13(4)8-6-7-11(2)9-10-14/h10-13H,5-9H2,1-4H3. The number of rotatable bonds is 8. The molecule has 0 rings (SSSR count). The molecule has 1 nitrogen and oxygen atoms in total. The van der Waals surface area contributed by atoms with Crippen LogP contribution in [0.4, 0.5) is 0 Å². The molecule has 14 heavy (non-hydrogen) atoms. The Kier molecular flexibility index (Phi) is 7.83. The van der Waals surface area contributed by atoms with Gasteiger partial charge in [-0.2, -0.15) is 0 Å². The minimum atomic E-state index is 0.580. The summed E-state index contributed by atoms with van der Waals surface area (Å²) in [5.74, 6) is 2.26. The van der Waals surface area contributed by atoms with E-state index in [-0.39, 0.29) is 0 Å². The molecular formula is C13H26O. The zero-order valence-electron chi connectivity index (χ0n) is 10.3. The highest BCUT2D eigenvalue weighted by atomic mass is 16.1. The van der Waals surface area contributed by atoms with Crippen molar-refractivity contribution in [2.24, 2.45) is 17.8 Å². The second-order valence-corrected chi connectivity index (χ2v) is 4.80. The maximum atomic E-state index is 10.3. The Morgan fingerprint density at radius 2 is 1.71 bits per heavy atom. The predicted octanol–water partition coefficient (Wildman–Crippen LogP) is 4.06. The van der Waals surface area contributed by atoms with E-state index in [0.29, 0.717) is 5.92 Å². The Balaban J connectivity index is 3.47. The Morgan fingerprint density at radius 3 is 2.21 bits per heavy atom. The molecular weight excluding hydrogens is 172 g/mol. The number of hydrogen-bond donors (Lipinski definition) is 0. The topological polar surface area (TPSA) is 17.1 Å². The van der Waals surface area contributed by atoms with Crippen molar-refractivity contribution in [3.05, 3.63) is 0 Å². The van der Waals surface area contributed by atoms with Crippen LogP contribution in [0.1, 0.15) is 59.8 Å². The maximum absolute atomic E-state index is 10.3. The molecule has 0 aromatic rings. The highest BCUT2D eigenvalue weighted by Crippen LogP contribution is 2.22. The van der Waals surface area contributed by atoms with Crippen LogP contribution in [0.5, 0.6) is 0 Å². The molecule has 0 amide bonds. The van der Waals surface area contributed by atoms with Gasteiger partial charge < -0.3 is 4.79 Å². The highest BCUT2D eigenvalue weighted by molar-refractivity contribution is 5.49. The third-order valence-electron chi connectivity index (χ3n) is 3.47. The smallest absolute Gasteiger partial charge is 0.120 e. The van der Waals surface area contributed by atoms with Gasteiger partial charge in [0.25, 0.3) is 0 Å². The van der Waals surface area contributed by atoms with Crippen LogP contribution >= 0.6 is 0 Å². The second-order valence-electron chi connectivity index (χ2n) is 4.80. The molecule has 0 aromatic carbocycles. The molecule has 0 aliphatic rings. The fourth-order valence-electron chi connectivity index (χ4n) is 1.76. The Labute approximate surface area is 89.3 Å². The lowest BCUT2D eigenvalue weighted by Gasteiger charge is -2.18. The van der Waals surface area contributed by atoms with Crippen LogP contribution in [0, 0.1) is 17.8 Å². The van der Waals surface area contributed by atoms with E-state index < -0.39 is 0 Å². The van der Waals surface area contributed by atoms with Crippen LogP contribution in [-0.2, 0) is 4.79 Å². The van der Waals surface area contributed by atoms with Crippen LogP contribution < -0.4 is 0 Å². The lowest BCUT2D eigenvalue weighted by atomic mass is 9.88. The quantitative estimate of drug-likeness (QED) is 0.537. The van der Waals surface area contributed by atoms with Crippen molar-refractivity contribution >= 4 is 6.29 Å². The summed E-state index contributed by atoms with van der Waals surface area (Å²) in [7, 11) is 0. The first-order valence-corrected chi connectivity index (χ1v) is 6.05. The minimum Gasteiger partial charge on any atom is -0.303 e. The summed E-state index contributed by atoms with van der Waals surface area (Å²) < 4.78 is 0. The van der Waals surface area contributed by atoms with Gasteiger partial charge in [0.05, 0.1) is 0 Å². The van der Waals surface area contributed by atoms with Gasteiger partial charge in [-0.15, -0.1) is 0 Å². The Morgan fingerprint density at radius 1 is 1.07 bits per heavy atom. The van der Waals surface area contributed by atoms with E-state index in [9.17, 15) is 4.79 Å². The molecule has 0 aromatic heterocycles. The molecule has 0 radical (unpaired) electrons. The van der Waals surface area contributed by atoms with E-state index in [4.69, 9.17) is 0 Å². The molecule has 1 heteroatoms. The summed E-state index contributed by atoms with van der Waals surface area (Å²) in [5.41, 5.74) is 0. The summed E-state index contributed by atoms with van der Waals surface area (Å²) in [6.07, 6.45) is 6.86. The van der Waals surface area contributed by atoms with Gasteiger partial charge in [0.15, 0.2) is 0 Å². The summed E-state index contributed by atoms with van der Waals surface area (Å²) >= 11 is 0. The Hall–Kier alpha value is -0.330. The van der Waals surface area contributed by atoms with Crippen molar-refractivity contribution in [3.63, 3.8) is 0 Å². The Bertz CT molecular complexity index is 142. The van der Waals surface area contributed by atoms with Gasteiger partial charge in [0.1, 0.15) is 6.29 Å². The molecule has 84 valence electrons. The van der Waals surface area contributed by atoms with Gasteiger partial charge in [0, 0.05) is 6.42 Å². The molecule has 0 N–H and O–H groups in total. The fraction of sp³-hybridized carbons (Fsp3) is 0.923. The molecule has 0 aliphatic heterocycles. The average Bonchev–Trinajstić information content (AvgIpc) is 2.16. The molecule has 0 heterocycles. The van der Waals surface area contributed by atoms with E-state index in [1.54, 1.807) is 0 Å². The van der Waals surface area contributed by atoms with E-state index in [0.717, 1.165) is 24.5 Å². The van der Waals surface area contributed by atoms with Crippen molar-refractivity contribution in [1.82, 2.24) is 0 Å². The van der Waals surface area contributed by atoms with Crippen molar-refractivity contribution < 1.29 is 4.79 Å². The van der Waals surface area contributed by atoms with Crippen molar-refractivity contribution in [1.29, 1.82) is 0 Å². The van der Waals surface area contributed by atoms with E-state index >= 15 is 0 Å². The number of carbonyl (C=O) groups excluding carboxylic acids is 1. The maximum Gasteiger partial charge on any atom is 0.120 e. The molecule has 3 atom stereocenters. The van der Waals surface area contributed by atoms with Crippen LogP contribution in [-0.4, -0.2) is 6.29 Å². The van der Waals surface area contributed by atoms with Crippen LogP contribution in [0.25, 0.3) is 0 Å². The number of aldehydes is 1. The van der Waals surface area contributed by atoms with Crippen molar-refractivity contribution in [2.45, 2.75) is 59.8 Å². The number of hydrogen-bond acceptors (Lipinski definition) is 1. The molecule has 0 saturated heterocycles. The molecule has 0 bridgehead atoms. The molecule has 3 unspecified atom stereocenters. The summed E-state index contributed by atoms with van der Waals surface area (Å²) in [4.78, 5) is 10.3. The van der Waals surface area contributed by atoms with Gasteiger partial charge in [0.2, 0.25) is 0 Å².